The van der Waals surface area contributed by atoms with Gasteiger partial charge in [-0.2, -0.15) is 0 Å². The minimum absolute atomic E-state index is 0.0876. The summed E-state index contributed by atoms with van der Waals surface area (Å²) in [7, 11) is 0. The molecule has 180 valence electrons. The van der Waals surface area contributed by atoms with Gasteiger partial charge in [0.25, 0.3) is 11.8 Å². The fourth-order valence-electron chi connectivity index (χ4n) is 3.99. The van der Waals surface area contributed by atoms with E-state index in [4.69, 9.17) is 11.6 Å². The monoisotopic (exact) mass is 492 g/mol. The van der Waals surface area contributed by atoms with Gasteiger partial charge in [0.2, 0.25) is 11.8 Å². The zero-order chi connectivity index (χ0) is 25.1. The number of piperidine rings is 1. The highest BCUT2D eigenvalue weighted by Gasteiger charge is 2.41. The van der Waals surface area contributed by atoms with Crippen molar-refractivity contribution in [2.24, 2.45) is 0 Å². The van der Waals surface area contributed by atoms with Crippen LogP contribution in [0.4, 0.5) is 5.69 Å². The van der Waals surface area contributed by atoms with Gasteiger partial charge in [0.1, 0.15) is 11.7 Å². The Morgan fingerprint density at radius 2 is 1.97 bits per heavy atom. The number of allylic oxidation sites excluding steroid dienone is 1. The van der Waals surface area contributed by atoms with Gasteiger partial charge in [0.05, 0.1) is 6.42 Å². The molecule has 2 aliphatic heterocycles. The SMILES string of the molecule is C=C1CCC(N2C(=O)C=C(Nc3cccc(CNC(=O)Cc4ccc(C)c(Cl)c4)c3)C2=O)C(=O)N1. The first kappa shape index (κ1) is 24.2. The average Bonchev–Trinajstić information content (AvgIpc) is 3.08. The highest BCUT2D eigenvalue weighted by Crippen LogP contribution is 2.24. The van der Waals surface area contributed by atoms with Crippen LogP contribution >= 0.6 is 11.6 Å². The van der Waals surface area contributed by atoms with Crippen molar-refractivity contribution in [2.45, 2.75) is 38.8 Å². The minimum Gasteiger partial charge on any atom is -0.352 e. The van der Waals surface area contributed by atoms with Gasteiger partial charge >= 0.3 is 0 Å². The van der Waals surface area contributed by atoms with E-state index in [2.05, 4.69) is 22.5 Å². The molecule has 4 rings (SSSR count). The van der Waals surface area contributed by atoms with E-state index in [1.54, 1.807) is 24.3 Å². The van der Waals surface area contributed by atoms with Crippen molar-refractivity contribution in [1.82, 2.24) is 15.5 Å². The summed E-state index contributed by atoms with van der Waals surface area (Å²) in [5, 5.41) is 9.06. The molecule has 1 fully saturated rings. The normalized spacial score (nSPS) is 17.8. The van der Waals surface area contributed by atoms with Crippen molar-refractivity contribution in [3.8, 4) is 0 Å². The molecule has 3 N–H and O–H groups in total. The number of anilines is 1. The van der Waals surface area contributed by atoms with Crippen LogP contribution in [0.1, 0.15) is 29.5 Å². The van der Waals surface area contributed by atoms with E-state index in [1.165, 1.54) is 6.08 Å². The molecule has 2 heterocycles. The number of nitrogens with one attached hydrogen (secondary N) is 3. The number of hydrogen-bond acceptors (Lipinski definition) is 5. The molecule has 0 saturated carbocycles. The largest absolute Gasteiger partial charge is 0.352 e. The number of hydrogen-bond donors (Lipinski definition) is 3. The highest BCUT2D eigenvalue weighted by atomic mass is 35.5. The first-order valence-corrected chi connectivity index (χ1v) is 11.5. The summed E-state index contributed by atoms with van der Waals surface area (Å²) in [6, 6.07) is 11.8. The Kier molecular flexibility index (Phi) is 7.02. The fourth-order valence-corrected chi connectivity index (χ4v) is 4.19. The standard InChI is InChI=1S/C26H25ClN4O4/c1-15-6-8-17(11-20(15)27)12-23(32)28-14-18-4-3-5-19(10-18)30-21-13-24(33)31(26(21)35)22-9-7-16(2)29-25(22)34/h3-6,8,10-11,13,22,30H,2,7,9,12,14H2,1H3,(H,28,32)(H,29,34). The molecular formula is C26H25ClN4O4. The molecule has 0 aromatic heterocycles. The van der Waals surface area contributed by atoms with E-state index in [1.807, 2.05) is 25.1 Å². The van der Waals surface area contributed by atoms with Gasteiger partial charge in [-0.1, -0.05) is 42.4 Å². The van der Waals surface area contributed by atoms with Gasteiger partial charge in [0, 0.05) is 29.0 Å². The van der Waals surface area contributed by atoms with Gasteiger partial charge in [-0.3, -0.25) is 24.1 Å². The molecular weight excluding hydrogens is 468 g/mol. The van der Waals surface area contributed by atoms with Crippen molar-refractivity contribution in [3.05, 3.63) is 88.2 Å². The maximum absolute atomic E-state index is 12.9. The van der Waals surface area contributed by atoms with Crippen LogP contribution in [0.2, 0.25) is 5.02 Å². The highest BCUT2D eigenvalue weighted by molar-refractivity contribution is 6.31. The maximum Gasteiger partial charge on any atom is 0.278 e. The Hall–Kier alpha value is -3.91. The Morgan fingerprint density at radius 1 is 1.17 bits per heavy atom. The third-order valence-electron chi connectivity index (χ3n) is 5.88. The number of aryl methyl sites for hydroxylation is 1. The lowest BCUT2D eigenvalue weighted by Crippen LogP contribution is -2.52. The molecule has 1 unspecified atom stereocenters. The molecule has 9 heteroatoms. The van der Waals surface area contributed by atoms with Crippen molar-refractivity contribution in [3.63, 3.8) is 0 Å². The topological polar surface area (TPSA) is 108 Å². The molecule has 8 nitrogen and oxygen atoms in total. The van der Waals surface area contributed by atoms with Gasteiger partial charge in [-0.15, -0.1) is 0 Å². The first-order chi connectivity index (χ1) is 16.7. The van der Waals surface area contributed by atoms with Crippen LogP contribution in [0.3, 0.4) is 0 Å². The summed E-state index contributed by atoms with van der Waals surface area (Å²) >= 11 is 6.13. The number of nitrogens with zero attached hydrogens (tertiary/aromatic N) is 1. The van der Waals surface area contributed by atoms with E-state index in [0.717, 1.165) is 21.6 Å². The Morgan fingerprint density at radius 3 is 2.71 bits per heavy atom. The summed E-state index contributed by atoms with van der Waals surface area (Å²) in [6.07, 6.45) is 2.24. The lowest BCUT2D eigenvalue weighted by atomic mass is 10.0. The molecule has 4 amide bonds. The van der Waals surface area contributed by atoms with Crippen LogP contribution < -0.4 is 16.0 Å². The van der Waals surface area contributed by atoms with Crippen molar-refractivity contribution >= 4 is 40.9 Å². The van der Waals surface area contributed by atoms with Gasteiger partial charge in [-0.25, -0.2) is 0 Å². The van der Waals surface area contributed by atoms with Gasteiger partial charge in [-0.05, 0) is 54.7 Å². The zero-order valence-electron chi connectivity index (χ0n) is 19.2. The Balaban J connectivity index is 1.35. The van der Waals surface area contributed by atoms with E-state index >= 15 is 0 Å². The van der Waals surface area contributed by atoms with E-state index < -0.39 is 23.8 Å². The molecule has 0 bridgehead atoms. The minimum atomic E-state index is -0.860. The fraction of sp³-hybridized carbons (Fsp3) is 0.231. The van der Waals surface area contributed by atoms with Crippen molar-refractivity contribution in [1.29, 1.82) is 0 Å². The van der Waals surface area contributed by atoms with E-state index in [-0.39, 0.29) is 24.6 Å². The van der Waals surface area contributed by atoms with Crippen LogP contribution in [0.5, 0.6) is 0 Å². The average molecular weight is 493 g/mol. The zero-order valence-corrected chi connectivity index (χ0v) is 19.9. The second-order valence-electron chi connectivity index (χ2n) is 8.58. The maximum atomic E-state index is 12.9. The lowest BCUT2D eigenvalue weighted by molar-refractivity contribution is -0.146. The summed E-state index contributed by atoms with van der Waals surface area (Å²) in [5.41, 5.74) is 3.83. The van der Waals surface area contributed by atoms with E-state index in [0.29, 0.717) is 29.2 Å². The molecule has 0 aliphatic carbocycles. The van der Waals surface area contributed by atoms with Crippen LogP contribution in [-0.2, 0) is 32.1 Å². The molecule has 0 spiro atoms. The molecule has 2 aromatic rings. The van der Waals surface area contributed by atoms with Crippen molar-refractivity contribution in [2.75, 3.05) is 5.32 Å². The molecule has 1 atom stereocenters. The summed E-state index contributed by atoms with van der Waals surface area (Å²) in [5.74, 6) is -1.65. The summed E-state index contributed by atoms with van der Waals surface area (Å²) in [4.78, 5) is 50.9. The number of benzene rings is 2. The number of carbonyl (C=O) groups is 4. The lowest BCUT2D eigenvalue weighted by Gasteiger charge is -2.29. The predicted molar refractivity (Wildman–Crippen MR) is 132 cm³/mol. The molecule has 1 saturated heterocycles. The van der Waals surface area contributed by atoms with Crippen molar-refractivity contribution < 1.29 is 19.2 Å². The number of imide groups is 1. The first-order valence-electron chi connectivity index (χ1n) is 11.2. The van der Waals surface area contributed by atoms with Gasteiger partial charge in [0.15, 0.2) is 0 Å². The van der Waals surface area contributed by atoms with Crippen LogP contribution in [0.25, 0.3) is 0 Å². The second kappa shape index (κ2) is 10.1. The Labute approximate surface area is 208 Å². The predicted octanol–water partition coefficient (Wildman–Crippen LogP) is 2.96. The third kappa shape index (κ3) is 5.60. The van der Waals surface area contributed by atoms with Gasteiger partial charge < -0.3 is 16.0 Å². The summed E-state index contributed by atoms with van der Waals surface area (Å²) in [6.45, 7) is 5.91. The van der Waals surface area contributed by atoms with Crippen LogP contribution in [0.15, 0.2) is 66.5 Å². The number of amides is 4. The third-order valence-corrected chi connectivity index (χ3v) is 6.29. The van der Waals surface area contributed by atoms with E-state index in [9.17, 15) is 19.2 Å². The van der Waals surface area contributed by atoms with Crippen LogP contribution in [-0.4, -0.2) is 34.6 Å². The number of carbonyl (C=O) groups excluding carboxylic acids is 4. The molecule has 0 radical (unpaired) electrons. The molecule has 2 aromatic carbocycles. The van der Waals surface area contributed by atoms with Crippen LogP contribution in [0, 0.1) is 6.92 Å². The summed E-state index contributed by atoms with van der Waals surface area (Å²) < 4.78 is 0. The quantitative estimate of drug-likeness (QED) is 0.515. The molecule has 35 heavy (non-hydrogen) atoms. The number of halogens is 1. The number of rotatable bonds is 7. The Bertz CT molecular complexity index is 1270. The smallest absolute Gasteiger partial charge is 0.278 e. The second-order valence-corrected chi connectivity index (χ2v) is 8.99. The molecule has 2 aliphatic rings.